The van der Waals surface area contributed by atoms with Crippen LogP contribution in [0.15, 0.2) is 0 Å². The number of nitrogens with zero attached hydrogens (tertiary/aromatic N) is 1. The van der Waals surface area contributed by atoms with E-state index in [1.807, 2.05) is 0 Å². The zero-order chi connectivity index (χ0) is 12.0. The van der Waals surface area contributed by atoms with Crippen molar-refractivity contribution in [2.24, 2.45) is 0 Å². The molecule has 0 saturated carbocycles. The Balaban J connectivity index is 2.45. The van der Waals surface area contributed by atoms with Gasteiger partial charge in [-0.2, -0.15) is 8.42 Å². The van der Waals surface area contributed by atoms with Crippen LogP contribution in [0.1, 0.15) is 26.2 Å². The molecule has 0 aliphatic carbocycles. The Kier molecular flexibility index (Phi) is 5.68. The topological polar surface area (TPSA) is 69.6 Å². The maximum absolute atomic E-state index is 10.7. The van der Waals surface area contributed by atoms with E-state index in [2.05, 4.69) is 17.1 Å². The monoisotopic (exact) mass is 250 g/mol. The molecule has 1 rings (SSSR count). The summed E-state index contributed by atoms with van der Waals surface area (Å²) in [5.74, 6) is -0.156. The lowest BCUT2D eigenvalue weighted by Crippen LogP contribution is -2.45. The Bertz CT molecular complexity index is 286. The van der Waals surface area contributed by atoms with Crippen molar-refractivity contribution in [1.82, 2.24) is 10.2 Å². The first-order valence-corrected chi connectivity index (χ1v) is 7.54. The van der Waals surface area contributed by atoms with E-state index in [0.717, 1.165) is 38.9 Å². The van der Waals surface area contributed by atoms with Crippen molar-refractivity contribution in [2.75, 3.05) is 31.9 Å². The fourth-order valence-corrected chi connectivity index (χ4v) is 2.63. The average Bonchev–Trinajstić information content (AvgIpc) is 2.24. The third kappa shape index (κ3) is 5.25. The standard InChI is InChI=1S/C10H22N2O3S/c1-2-7-12(8-9-16(13,14)15)10-3-5-11-6-4-10/h10-11H,2-9H2,1H3,(H,13,14,15). The lowest BCUT2D eigenvalue weighted by Gasteiger charge is -2.34. The molecule has 96 valence electrons. The molecule has 1 saturated heterocycles. The minimum Gasteiger partial charge on any atom is -0.317 e. The van der Waals surface area contributed by atoms with Gasteiger partial charge in [0.15, 0.2) is 0 Å². The zero-order valence-electron chi connectivity index (χ0n) is 9.85. The van der Waals surface area contributed by atoms with Gasteiger partial charge in [0.1, 0.15) is 0 Å². The number of hydrogen-bond donors (Lipinski definition) is 2. The van der Waals surface area contributed by atoms with Crippen molar-refractivity contribution < 1.29 is 13.0 Å². The third-order valence-electron chi connectivity index (χ3n) is 2.97. The van der Waals surface area contributed by atoms with Crippen LogP contribution in [0.4, 0.5) is 0 Å². The first-order chi connectivity index (χ1) is 7.53. The first kappa shape index (κ1) is 13.9. The number of nitrogens with one attached hydrogen (secondary N) is 1. The molecule has 5 nitrogen and oxygen atoms in total. The van der Waals surface area contributed by atoms with Crippen LogP contribution in [0.25, 0.3) is 0 Å². The van der Waals surface area contributed by atoms with Crippen LogP contribution < -0.4 is 5.32 Å². The molecule has 0 bridgehead atoms. The first-order valence-electron chi connectivity index (χ1n) is 5.93. The van der Waals surface area contributed by atoms with Crippen molar-refractivity contribution in [3.05, 3.63) is 0 Å². The van der Waals surface area contributed by atoms with Crippen LogP contribution in [-0.4, -0.2) is 55.8 Å². The van der Waals surface area contributed by atoms with Crippen molar-refractivity contribution in [3.8, 4) is 0 Å². The molecular formula is C10H22N2O3S. The highest BCUT2D eigenvalue weighted by atomic mass is 32.2. The van der Waals surface area contributed by atoms with Gasteiger partial charge in [-0.15, -0.1) is 0 Å². The van der Waals surface area contributed by atoms with Crippen molar-refractivity contribution in [3.63, 3.8) is 0 Å². The van der Waals surface area contributed by atoms with Crippen LogP contribution in [0.2, 0.25) is 0 Å². The highest BCUT2D eigenvalue weighted by Gasteiger charge is 2.21. The van der Waals surface area contributed by atoms with Crippen LogP contribution in [0.5, 0.6) is 0 Å². The Morgan fingerprint density at radius 2 is 1.94 bits per heavy atom. The summed E-state index contributed by atoms with van der Waals surface area (Å²) < 4.78 is 30.2. The summed E-state index contributed by atoms with van der Waals surface area (Å²) in [4.78, 5) is 2.19. The van der Waals surface area contributed by atoms with Gasteiger partial charge in [0.2, 0.25) is 0 Å². The number of piperidine rings is 1. The van der Waals surface area contributed by atoms with Crippen LogP contribution in [0.3, 0.4) is 0 Å². The molecule has 1 heterocycles. The Hall–Kier alpha value is -0.170. The van der Waals surface area contributed by atoms with Gasteiger partial charge in [0.05, 0.1) is 5.75 Å². The smallest absolute Gasteiger partial charge is 0.266 e. The van der Waals surface area contributed by atoms with Crippen molar-refractivity contribution in [1.29, 1.82) is 0 Å². The van der Waals surface area contributed by atoms with Gasteiger partial charge in [0.25, 0.3) is 10.1 Å². The summed E-state index contributed by atoms with van der Waals surface area (Å²) in [5.41, 5.74) is 0. The fraction of sp³-hybridized carbons (Fsp3) is 1.00. The Morgan fingerprint density at radius 1 is 1.31 bits per heavy atom. The van der Waals surface area contributed by atoms with Gasteiger partial charge in [-0.3, -0.25) is 9.45 Å². The maximum atomic E-state index is 10.7. The van der Waals surface area contributed by atoms with Gasteiger partial charge in [-0.05, 0) is 38.9 Å². The number of hydrogen-bond acceptors (Lipinski definition) is 4. The summed E-state index contributed by atoms with van der Waals surface area (Å²) in [7, 11) is -3.83. The van der Waals surface area contributed by atoms with Gasteiger partial charge in [-0.25, -0.2) is 0 Å². The molecule has 0 aromatic heterocycles. The Labute approximate surface area is 98.0 Å². The molecule has 1 aliphatic rings. The summed E-state index contributed by atoms with van der Waals surface area (Å²) in [6, 6.07) is 0.461. The molecule has 6 heteroatoms. The summed E-state index contributed by atoms with van der Waals surface area (Å²) in [6.45, 7) is 5.42. The largest absolute Gasteiger partial charge is 0.317 e. The van der Waals surface area contributed by atoms with E-state index < -0.39 is 10.1 Å². The quantitative estimate of drug-likeness (QED) is 0.665. The molecule has 16 heavy (non-hydrogen) atoms. The minimum atomic E-state index is -3.83. The third-order valence-corrected chi connectivity index (χ3v) is 3.67. The molecule has 0 aromatic carbocycles. The molecule has 2 N–H and O–H groups in total. The average molecular weight is 250 g/mol. The second kappa shape index (κ2) is 6.54. The highest BCUT2D eigenvalue weighted by Crippen LogP contribution is 2.12. The Morgan fingerprint density at radius 3 is 2.44 bits per heavy atom. The van der Waals surface area contributed by atoms with Gasteiger partial charge in [0, 0.05) is 12.6 Å². The fourth-order valence-electron chi connectivity index (χ4n) is 2.17. The van der Waals surface area contributed by atoms with Crippen molar-refractivity contribution in [2.45, 2.75) is 32.2 Å². The van der Waals surface area contributed by atoms with E-state index in [1.165, 1.54) is 0 Å². The van der Waals surface area contributed by atoms with E-state index in [0.29, 0.717) is 12.6 Å². The second-order valence-corrected chi connectivity index (χ2v) is 5.88. The lowest BCUT2D eigenvalue weighted by molar-refractivity contribution is 0.170. The predicted octanol–water partition coefficient (Wildman–Crippen LogP) is 0.338. The van der Waals surface area contributed by atoms with Gasteiger partial charge < -0.3 is 5.32 Å². The molecule has 0 radical (unpaired) electrons. The molecule has 1 fully saturated rings. The zero-order valence-corrected chi connectivity index (χ0v) is 10.7. The normalized spacial score (nSPS) is 19.2. The van der Waals surface area contributed by atoms with Gasteiger partial charge in [-0.1, -0.05) is 6.92 Å². The van der Waals surface area contributed by atoms with E-state index in [-0.39, 0.29) is 5.75 Å². The van der Waals surface area contributed by atoms with E-state index in [9.17, 15) is 8.42 Å². The van der Waals surface area contributed by atoms with Crippen LogP contribution in [0, 0.1) is 0 Å². The molecule has 0 spiro atoms. The summed E-state index contributed by atoms with van der Waals surface area (Å²) in [6.07, 6.45) is 3.13. The van der Waals surface area contributed by atoms with Crippen LogP contribution in [-0.2, 0) is 10.1 Å². The van der Waals surface area contributed by atoms with E-state index in [4.69, 9.17) is 4.55 Å². The summed E-state index contributed by atoms with van der Waals surface area (Å²) >= 11 is 0. The molecule has 0 amide bonds. The molecule has 0 unspecified atom stereocenters. The van der Waals surface area contributed by atoms with E-state index >= 15 is 0 Å². The van der Waals surface area contributed by atoms with Crippen molar-refractivity contribution >= 4 is 10.1 Å². The van der Waals surface area contributed by atoms with Crippen LogP contribution >= 0.6 is 0 Å². The lowest BCUT2D eigenvalue weighted by atomic mass is 10.0. The minimum absolute atomic E-state index is 0.156. The summed E-state index contributed by atoms with van der Waals surface area (Å²) in [5, 5.41) is 3.29. The SMILES string of the molecule is CCCN(CCS(=O)(=O)O)C1CCNCC1. The second-order valence-electron chi connectivity index (χ2n) is 4.30. The maximum Gasteiger partial charge on any atom is 0.266 e. The van der Waals surface area contributed by atoms with Gasteiger partial charge >= 0.3 is 0 Å². The number of rotatable bonds is 6. The predicted molar refractivity (Wildman–Crippen MR) is 64.2 cm³/mol. The van der Waals surface area contributed by atoms with E-state index in [1.54, 1.807) is 0 Å². The molecule has 1 aliphatic heterocycles. The molecule has 0 aromatic rings. The highest BCUT2D eigenvalue weighted by molar-refractivity contribution is 7.85. The molecular weight excluding hydrogens is 228 g/mol. The molecule has 0 atom stereocenters.